The topological polar surface area (TPSA) is 120 Å². The van der Waals surface area contributed by atoms with E-state index < -0.39 is 42.7 Å². The first kappa shape index (κ1) is 30.1. The molecule has 8 atom stereocenters. The Labute approximate surface area is 222 Å². The quantitative estimate of drug-likeness (QED) is 0.264. The number of hydrogen-bond acceptors (Lipinski definition) is 7. The van der Waals surface area contributed by atoms with Gasteiger partial charge in [0.25, 0.3) is 0 Å². The van der Waals surface area contributed by atoms with E-state index in [4.69, 9.17) is 9.47 Å². The Morgan fingerprint density at radius 1 is 1.00 bits per heavy atom. The molecule has 7 nitrogen and oxygen atoms in total. The van der Waals surface area contributed by atoms with Gasteiger partial charge in [-0.3, -0.25) is 0 Å². The van der Waals surface area contributed by atoms with Crippen LogP contribution in [0.3, 0.4) is 0 Å². The molecule has 1 heterocycles. The van der Waals surface area contributed by atoms with Gasteiger partial charge in [0.05, 0.1) is 13.2 Å². The van der Waals surface area contributed by atoms with Crippen LogP contribution in [0.5, 0.6) is 0 Å². The minimum Gasteiger partial charge on any atom is -0.489 e. The van der Waals surface area contributed by atoms with Crippen molar-refractivity contribution in [2.45, 2.75) is 116 Å². The van der Waals surface area contributed by atoms with Gasteiger partial charge in [-0.25, -0.2) is 0 Å². The zero-order chi connectivity index (χ0) is 27.3. The van der Waals surface area contributed by atoms with Crippen molar-refractivity contribution in [3.8, 4) is 0 Å². The van der Waals surface area contributed by atoms with Crippen LogP contribution >= 0.6 is 0 Å². The van der Waals surface area contributed by atoms with Crippen molar-refractivity contribution in [3.05, 3.63) is 46.3 Å². The summed E-state index contributed by atoms with van der Waals surface area (Å²) in [4.78, 5) is 0. The van der Waals surface area contributed by atoms with Gasteiger partial charge in [0.2, 0.25) is 0 Å². The molecule has 0 amide bonds. The summed E-state index contributed by atoms with van der Waals surface area (Å²) in [6.45, 7) is 10.2. The molecule has 3 rings (SSSR count). The van der Waals surface area contributed by atoms with Crippen LogP contribution in [0.25, 0.3) is 0 Å². The minimum absolute atomic E-state index is 0.0106. The van der Waals surface area contributed by atoms with Crippen LogP contribution < -0.4 is 0 Å². The molecule has 1 aliphatic heterocycles. The lowest BCUT2D eigenvalue weighted by molar-refractivity contribution is -0.220. The molecule has 0 saturated carbocycles. The van der Waals surface area contributed by atoms with Gasteiger partial charge in [-0.15, -0.1) is 0 Å². The molecule has 0 radical (unpaired) electrons. The van der Waals surface area contributed by atoms with Crippen molar-refractivity contribution in [2.75, 3.05) is 13.2 Å². The number of aliphatic hydroxyl groups is 5. The first-order chi connectivity index (χ1) is 17.5. The Kier molecular flexibility index (Phi) is 10.6. The zero-order valence-electron chi connectivity index (χ0n) is 23.2. The summed E-state index contributed by atoms with van der Waals surface area (Å²) < 4.78 is 12.2. The second-order valence-electron chi connectivity index (χ2n) is 11.5. The highest BCUT2D eigenvalue weighted by Gasteiger charge is 2.45. The first-order valence-corrected chi connectivity index (χ1v) is 13.9. The Bertz CT molecular complexity index is 902. The monoisotopic (exact) mass is 520 g/mol. The molecule has 0 spiro atoms. The normalized spacial score (nSPS) is 34.4. The molecule has 1 saturated heterocycles. The minimum atomic E-state index is -1.37. The SMILES string of the molecule is CCCCCC(C)(CO)OC1=CC=C(CC2=C(C)CCC([C@@H]3O[C@H](CO)[C@@H](O)C(O)[C@H]3O)=C2)C(C)C1C. The highest BCUT2D eigenvalue weighted by atomic mass is 16.5. The fourth-order valence-electron chi connectivity index (χ4n) is 5.57. The van der Waals surface area contributed by atoms with Gasteiger partial charge < -0.3 is 35.0 Å². The number of ether oxygens (including phenoxy) is 2. The number of hydrogen-bond donors (Lipinski definition) is 5. The van der Waals surface area contributed by atoms with E-state index in [0.717, 1.165) is 49.9 Å². The maximum atomic E-state index is 10.6. The van der Waals surface area contributed by atoms with E-state index in [1.165, 1.54) is 16.7 Å². The Morgan fingerprint density at radius 2 is 1.73 bits per heavy atom. The lowest BCUT2D eigenvalue weighted by Crippen LogP contribution is -2.59. The standard InChI is InChI=1S/C30H48O7/c1-6-7-8-13-30(5,17-32)37-24-12-11-21(19(3)20(24)4)14-23-15-22(10-9-18(23)2)29-28(35)27(34)26(33)25(16-31)36-29/h11-12,15,19-20,25-29,31-35H,6-10,13-14,16-17H2,1-5H3/t19?,20?,25-,26-,27?,28-,29+,30?/m1/s1. The Balaban J connectivity index is 1.77. The molecule has 0 aromatic rings. The third-order valence-corrected chi connectivity index (χ3v) is 8.60. The number of rotatable bonds is 11. The molecule has 0 aromatic heterocycles. The molecule has 7 heteroatoms. The summed E-state index contributed by atoms with van der Waals surface area (Å²) in [5, 5.41) is 50.6. The summed E-state index contributed by atoms with van der Waals surface area (Å²) >= 11 is 0. The summed E-state index contributed by atoms with van der Waals surface area (Å²) in [6, 6.07) is 0. The highest BCUT2D eigenvalue weighted by molar-refractivity contribution is 5.40. The van der Waals surface area contributed by atoms with Crippen molar-refractivity contribution in [2.24, 2.45) is 11.8 Å². The predicted octanol–water partition coefficient (Wildman–Crippen LogP) is 3.70. The van der Waals surface area contributed by atoms with Crippen LogP contribution in [0.2, 0.25) is 0 Å². The molecule has 210 valence electrons. The van der Waals surface area contributed by atoms with Crippen molar-refractivity contribution in [1.82, 2.24) is 0 Å². The smallest absolute Gasteiger partial charge is 0.129 e. The molecular formula is C30H48O7. The van der Waals surface area contributed by atoms with E-state index in [-0.39, 0.29) is 18.4 Å². The van der Waals surface area contributed by atoms with Crippen LogP contribution in [0.15, 0.2) is 46.3 Å². The van der Waals surface area contributed by atoms with E-state index in [0.29, 0.717) is 6.42 Å². The van der Waals surface area contributed by atoms with Crippen LogP contribution in [0.4, 0.5) is 0 Å². The summed E-state index contributed by atoms with van der Waals surface area (Å²) in [7, 11) is 0. The fraction of sp³-hybridized carbons (Fsp3) is 0.733. The van der Waals surface area contributed by atoms with Gasteiger partial charge in [-0.2, -0.15) is 0 Å². The Hall–Kier alpha value is -1.48. The van der Waals surface area contributed by atoms with E-state index in [1.54, 1.807) is 0 Å². The average molecular weight is 521 g/mol. The fourth-order valence-corrected chi connectivity index (χ4v) is 5.57. The van der Waals surface area contributed by atoms with Gasteiger partial charge in [-0.1, -0.05) is 56.9 Å². The first-order valence-electron chi connectivity index (χ1n) is 13.9. The van der Waals surface area contributed by atoms with Crippen molar-refractivity contribution in [3.63, 3.8) is 0 Å². The maximum Gasteiger partial charge on any atom is 0.129 e. The Morgan fingerprint density at radius 3 is 2.38 bits per heavy atom. The second kappa shape index (κ2) is 13.0. The van der Waals surface area contributed by atoms with Gasteiger partial charge in [0.1, 0.15) is 41.9 Å². The van der Waals surface area contributed by atoms with E-state index >= 15 is 0 Å². The van der Waals surface area contributed by atoms with Gasteiger partial charge in [-0.05, 0) is 69.1 Å². The zero-order valence-corrected chi connectivity index (χ0v) is 23.2. The van der Waals surface area contributed by atoms with Crippen LogP contribution in [-0.4, -0.2) is 74.9 Å². The molecular weight excluding hydrogens is 472 g/mol. The lowest BCUT2D eigenvalue weighted by atomic mass is 9.78. The highest BCUT2D eigenvalue weighted by Crippen LogP contribution is 2.40. The van der Waals surface area contributed by atoms with Crippen LogP contribution in [-0.2, 0) is 9.47 Å². The summed E-state index contributed by atoms with van der Waals surface area (Å²) in [6.07, 6.45) is 7.00. The largest absolute Gasteiger partial charge is 0.489 e. The third-order valence-electron chi connectivity index (χ3n) is 8.60. The van der Waals surface area contributed by atoms with Crippen LogP contribution in [0.1, 0.15) is 79.6 Å². The van der Waals surface area contributed by atoms with Crippen molar-refractivity contribution < 1.29 is 35.0 Å². The molecule has 37 heavy (non-hydrogen) atoms. The third kappa shape index (κ3) is 6.94. The molecule has 3 aliphatic rings. The van der Waals surface area contributed by atoms with Crippen molar-refractivity contribution >= 4 is 0 Å². The number of allylic oxidation sites excluding steroid dienone is 7. The average Bonchev–Trinajstić information content (AvgIpc) is 2.89. The maximum absolute atomic E-state index is 10.6. The summed E-state index contributed by atoms with van der Waals surface area (Å²) in [5.41, 5.74) is 4.04. The molecule has 2 aliphatic carbocycles. The van der Waals surface area contributed by atoms with E-state index in [1.807, 2.05) is 6.92 Å². The molecule has 0 aromatic carbocycles. The number of unbranched alkanes of at least 4 members (excludes halogenated alkanes) is 2. The molecule has 0 bridgehead atoms. The van der Waals surface area contributed by atoms with Gasteiger partial charge in [0.15, 0.2) is 0 Å². The molecule has 4 unspecified atom stereocenters. The van der Waals surface area contributed by atoms with Crippen molar-refractivity contribution in [1.29, 1.82) is 0 Å². The van der Waals surface area contributed by atoms with Gasteiger partial charge in [0, 0.05) is 5.92 Å². The van der Waals surface area contributed by atoms with E-state index in [9.17, 15) is 25.5 Å². The van der Waals surface area contributed by atoms with Gasteiger partial charge >= 0.3 is 0 Å². The molecule has 1 fully saturated rings. The summed E-state index contributed by atoms with van der Waals surface area (Å²) in [5.74, 6) is 1.34. The van der Waals surface area contributed by atoms with E-state index in [2.05, 4.69) is 45.9 Å². The lowest BCUT2D eigenvalue weighted by Gasteiger charge is -2.42. The number of aliphatic hydroxyl groups excluding tert-OH is 5. The molecule has 5 N–H and O–H groups in total. The predicted molar refractivity (Wildman–Crippen MR) is 144 cm³/mol. The second-order valence-corrected chi connectivity index (χ2v) is 11.5. The van der Waals surface area contributed by atoms with Crippen LogP contribution in [0, 0.1) is 11.8 Å².